The Morgan fingerprint density at radius 3 is 1.06 bits per heavy atom. The molecule has 3 N–H and O–H groups in total. The molecule has 0 rings (SSSR count). The largest absolute Gasteiger partial charge is 0.481 e. The Morgan fingerprint density at radius 2 is 1.06 bits per heavy atom. The minimum Gasteiger partial charge on any atom is -0.481 e. The summed E-state index contributed by atoms with van der Waals surface area (Å²) in [6, 6.07) is 0. The van der Waals surface area contributed by atoms with Crippen LogP contribution in [0.25, 0.3) is 0 Å². The number of carbonyl (C=O) groups is 2. The fraction of sp³-hybridized carbons (Fsp3) is 0.800. The van der Waals surface area contributed by atoms with Gasteiger partial charge in [-0.05, 0) is 5.92 Å². The Labute approximate surface area is 111 Å². The molecule has 0 amide bonds. The summed E-state index contributed by atoms with van der Waals surface area (Å²) in [5, 5.41) is 23.0. The number of carboxylic acid groups (broad SMARTS) is 2. The SMILES string of the molecule is CC.CC(=O)O.CC(=O)O.CC(C)CO.[Zn]. The van der Waals surface area contributed by atoms with Crippen LogP contribution in [0, 0.1) is 5.92 Å². The molecule has 0 bridgehead atoms. The van der Waals surface area contributed by atoms with Gasteiger partial charge in [-0.1, -0.05) is 27.7 Å². The molecule has 0 fully saturated rings. The molecular formula is C10H24O5Zn. The van der Waals surface area contributed by atoms with E-state index in [-0.39, 0.29) is 19.5 Å². The summed E-state index contributed by atoms with van der Waals surface area (Å²) < 4.78 is 0. The van der Waals surface area contributed by atoms with Crippen molar-refractivity contribution in [3.05, 3.63) is 0 Å². The van der Waals surface area contributed by atoms with Crippen LogP contribution in [0.1, 0.15) is 41.5 Å². The van der Waals surface area contributed by atoms with E-state index < -0.39 is 11.9 Å². The first kappa shape index (κ1) is 29.6. The van der Waals surface area contributed by atoms with Gasteiger partial charge in [-0.2, -0.15) is 0 Å². The zero-order valence-electron chi connectivity index (χ0n) is 11.1. The summed E-state index contributed by atoms with van der Waals surface area (Å²) in [6.07, 6.45) is 0. The van der Waals surface area contributed by atoms with E-state index >= 15 is 0 Å². The summed E-state index contributed by atoms with van der Waals surface area (Å²) in [6.45, 7) is 10.4. The zero-order chi connectivity index (χ0) is 13.4. The van der Waals surface area contributed by atoms with Crippen LogP contribution in [0.4, 0.5) is 0 Å². The Kier molecular flexibility index (Phi) is 54.1. The third-order valence-electron chi connectivity index (χ3n) is 0.365. The predicted octanol–water partition coefficient (Wildman–Crippen LogP) is 1.84. The van der Waals surface area contributed by atoms with Gasteiger partial charge in [0.05, 0.1) is 0 Å². The van der Waals surface area contributed by atoms with E-state index in [1.54, 1.807) is 0 Å². The van der Waals surface area contributed by atoms with E-state index in [4.69, 9.17) is 24.9 Å². The monoisotopic (exact) mass is 288 g/mol. The molecule has 0 aliphatic rings. The second kappa shape index (κ2) is 29.3. The molecule has 96 valence electrons. The van der Waals surface area contributed by atoms with Crippen molar-refractivity contribution in [1.82, 2.24) is 0 Å². The molecule has 0 aromatic heterocycles. The molecule has 0 aliphatic carbocycles. The Hall–Kier alpha value is -0.477. The third-order valence-corrected chi connectivity index (χ3v) is 0.365. The van der Waals surface area contributed by atoms with Gasteiger partial charge in [-0.25, -0.2) is 0 Å². The molecular weight excluding hydrogens is 265 g/mol. The standard InChI is InChI=1S/C4H10O.2C2H4O2.C2H6.Zn/c1-4(2)3-5;2*1-2(3)4;1-2;/h4-5H,3H2,1-2H3;2*1H3,(H,3,4);1-2H3;. The predicted molar refractivity (Wildman–Crippen MR) is 59.9 cm³/mol. The van der Waals surface area contributed by atoms with Crippen LogP contribution in [0.2, 0.25) is 0 Å². The van der Waals surface area contributed by atoms with Crippen LogP contribution in [0.15, 0.2) is 0 Å². The molecule has 0 aromatic rings. The Morgan fingerprint density at radius 1 is 1.00 bits per heavy atom. The molecule has 0 heterocycles. The van der Waals surface area contributed by atoms with Crippen LogP contribution in [-0.2, 0) is 29.1 Å². The molecule has 0 saturated heterocycles. The van der Waals surface area contributed by atoms with Gasteiger partial charge in [-0.3, -0.25) is 9.59 Å². The van der Waals surface area contributed by atoms with E-state index in [9.17, 15) is 0 Å². The van der Waals surface area contributed by atoms with Crippen molar-refractivity contribution < 1.29 is 44.4 Å². The Bertz CT molecular complexity index is 117. The van der Waals surface area contributed by atoms with Crippen molar-refractivity contribution in [2.75, 3.05) is 6.61 Å². The minimum atomic E-state index is -0.833. The molecule has 16 heavy (non-hydrogen) atoms. The Balaban J connectivity index is -0.0000000343. The maximum Gasteiger partial charge on any atom is 0.300 e. The maximum atomic E-state index is 9.00. The van der Waals surface area contributed by atoms with Gasteiger partial charge >= 0.3 is 0 Å². The first-order chi connectivity index (χ1) is 6.73. The molecule has 0 radical (unpaired) electrons. The first-order valence-electron chi connectivity index (χ1n) is 4.73. The zero-order valence-corrected chi connectivity index (χ0v) is 14.1. The maximum absolute atomic E-state index is 9.00. The molecule has 0 spiro atoms. The van der Waals surface area contributed by atoms with Gasteiger partial charge in [-0.15, -0.1) is 0 Å². The average Bonchev–Trinajstić information content (AvgIpc) is 2.06. The van der Waals surface area contributed by atoms with Crippen molar-refractivity contribution in [2.24, 2.45) is 5.92 Å². The fourth-order valence-electron chi connectivity index (χ4n) is 0. The fourth-order valence-corrected chi connectivity index (χ4v) is 0. The van der Waals surface area contributed by atoms with Gasteiger partial charge in [0.15, 0.2) is 0 Å². The first-order valence-corrected chi connectivity index (χ1v) is 4.73. The molecule has 0 atom stereocenters. The van der Waals surface area contributed by atoms with Crippen molar-refractivity contribution in [2.45, 2.75) is 41.5 Å². The number of aliphatic hydroxyl groups excluding tert-OH is 1. The van der Waals surface area contributed by atoms with Crippen LogP contribution in [0.3, 0.4) is 0 Å². The number of aliphatic hydroxyl groups is 1. The summed E-state index contributed by atoms with van der Waals surface area (Å²) >= 11 is 0. The van der Waals surface area contributed by atoms with Crippen molar-refractivity contribution in [1.29, 1.82) is 0 Å². The number of hydrogen-bond donors (Lipinski definition) is 3. The normalized spacial score (nSPS) is 6.50. The van der Waals surface area contributed by atoms with E-state index in [1.807, 2.05) is 27.7 Å². The van der Waals surface area contributed by atoms with Crippen LogP contribution >= 0.6 is 0 Å². The van der Waals surface area contributed by atoms with Gasteiger partial charge in [0.25, 0.3) is 11.9 Å². The quantitative estimate of drug-likeness (QED) is 0.640. The minimum absolute atomic E-state index is 0. The van der Waals surface area contributed by atoms with Crippen LogP contribution in [-0.4, -0.2) is 33.9 Å². The molecule has 6 heteroatoms. The van der Waals surface area contributed by atoms with Crippen molar-refractivity contribution in [3.8, 4) is 0 Å². The third kappa shape index (κ3) is 914. The van der Waals surface area contributed by atoms with E-state index in [1.165, 1.54) is 0 Å². The average molecular weight is 290 g/mol. The summed E-state index contributed by atoms with van der Waals surface area (Å²) in [5.74, 6) is -1.23. The topological polar surface area (TPSA) is 94.8 Å². The summed E-state index contributed by atoms with van der Waals surface area (Å²) in [7, 11) is 0. The van der Waals surface area contributed by atoms with Crippen LogP contribution in [0.5, 0.6) is 0 Å². The molecule has 5 nitrogen and oxygen atoms in total. The second-order valence-electron chi connectivity index (χ2n) is 2.61. The van der Waals surface area contributed by atoms with E-state index in [0.717, 1.165) is 13.8 Å². The molecule has 0 aromatic carbocycles. The van der Waals surface area contributed by atoms with E-state index in [2.05, 4.69) is 0 Å². The van der Waals surface area contributed by atoms with Gasteiger partial charge < -0.3 is 15.3 Å². The number of rotatable bonds is 1. The second-order valence-corrected chi connectivity index (χ2v) is 2.61. The summed E-state index contributed by atoms with van der Waals surface area (Å²) in [4.78, 5) is 18.0. The van der Waals surface area contributed by atoms with Gasteiger partial charge in [0.2, 0.25) is 0 Å². The summed E-state index contributed by atoms with van der Waals surface area (Å²) in [5.41, 5.74) is 0. The van der Waals surface area contributed by atoms with Gasteiger partial charge in [0, 0.05) is 39.9 Å². The molecule has 0 aliphatic heterocycles. The molecule has 0 unspecified atom stereocenters. The van der Waals surface area contributed by atoms with Crippen molar-refractivity contribution in [3.63, 3.8) is 0 Å². The number of hydrogen-bond acceptors (Lipinski definition) is 3. The number of aliphatic carboxylic acids is 2. The number of carboxylic acids is 2. The smallest absolute Gasteiger partial charge is 0.300 e. The van der Waals surface area contributed by atoms with E-state index in [0.29, 0.717) is 12.5 Å². The van der Waals surface area contributed by atoms with Crippen LogP contribution < -0.4 is 0 Å². The van der Waals surface area contributed by atoms with Crippen molar-refractivity contribution >= 4 is 11.9 Å². The molecule has 0 saturated carbocycles. The van der Waals surface area contributed by atoms with Gasteiger partial charge in [0.1, 0.15) is 0 Å².